The lowest BCUT2D eigenvalue weighted by molar-refractivity contribution is 0.0858. The Bertz CT molecular complexity index is 1090. The van der Waals surface area contributed by atoms with Crippen LogP contribution in [0.2, 0.25) is 0 Å². The van der Waals surface area contributed by atoms with Crippen LogP contribution in [0.1, 0.15) is 17.5 Å². The minimum Gasteiger partial charge on any atom is -0.485 e. The summed E-state index contributed by atoms with van der Waals surface area (Å²) in [5.41, 5.74) is 5.27. The largest absolute Gasteiger partial charge is 0.485 e. The fourth-order valence-corrected chi connectivity index (χ4v) is 3.21. The first kappa shape index (κ1) is 15.0. The Morgan fingerprint density at radius 3 is 2.73 bits per heavy atom. The molecule has 1 aliphatic heterocycles. The first-order chi connectivity index (χ1) is 12.8. The third-order valence-corrected chi connectivity index (χ3v) is 4.58. The maximum absolute atomic E-state index is 6.09. The molecule has 2 aromatic heterocycles. The Labute approximate surface area is 150 Å². The Morgan fingerprint density at radius 1 is 0.962 bits per heavy atom. The Balaban J connectivity index is 1.47. The number of nitrogens with one attached hydrogen (secondary N) is 1. The first-order valence-electron chi connectivity index (χ1n) is 8.56. The van der Waals surface area contributed by atoms with Crippen LogP contribution >= 0.6 is 0 Å². The van der Waals surface area contributed by atoms with Gasteiger partial charge in [-0.25, -0.2) is 4.98 Å². The van der Waals surface area contributed by atoms with E-state index in [9.17, 15) is 0 Å². The van der Waals surface area contributed by atoms with E-state index in [1.165, 1.54) is 0 Å². The van der Waals surface area contributed by atoms with Gasteiger partial charge in [0.25, 0.3) is 0 Å². The van der Waals surface area contributed by atoms with Crippen molar-refractivity contribution >= 4 is 11.0 Å². The first-order valence-corrected chi connectivity index (χ1v) is 8.56. The molecule has 0 aliphatic carbocycles. The van der Waals surface area contributed by atoms with Gasteiger partial charge in [-0.05, 0) is 60.0 Å². The second kappa shape index (κ2) is 5.88. The quantitative estimate of drug-likeness (QED) is 0.584. The van der Waals surface area contributed by atoms with E-state index in [1.807, 2.05) is 43.3 Å². The molecule has 0 fully saturated rings. The van der Waals surface area contributed by atoms with E-state index in [0.717, 1.165) is 45.0 Å². The van der Waals surface area contributed by atoms with Crippen molar-refractivity contribution in [3.63, 3.8) is 0 Å². The summed E-state index contributed by atoms with van der Waals surface area (Å²) in [5.74, 6) is 2.32. The number of hydrogen-bond acceptors (Lipinski definition) is 4. The summed E-state index contributed by atoms with van der Waals surface area (Å²) in [6.07, 6.45) is 3.34. The van der Waals surface area contributed by atoms with Crippen LogP contribution in [0.4, 0.5) is 0 Å². The molecule has 3 heterocycles. The predicted octanol–water partition coefficient (Wildman–Crippen LogP) is 4.45. The van der Waals surface area contributed by atoms with Crippen LogP contribution in [0.15, 0.2) is 60.9 Å². The van der Waals surface area contributed by atoms with Gasteiger partial charge in [0.15, 0.2) is 23.4 Å². The van der Waals surface area contributed by atoms with Crippen molar-refractivity contribution in [2.24, 2.45) is 0 Å². The topological polar surface area (TPSA) is 60.0 Å². The van der Waals surface area contributed by atoms with E-state index in [-0.39, 0.29) is 6.10 Å². The third-order valence-electron chi connectivity index (χ3n) is 4.58. The van der Waals surface area contributed by atoms with Gasteiger partial charge in [-0.2, -0.15) is 0 Å². The molecule has 26 heavy (non-hydrogen) atoms. The number of pyridine rings is 1. The van der Waals surface area contributed by atoms with E-state index >= 15 is 0 Å². The molecule has 0 radical (unpaired) electrons. The maximum Gasteiger partial charge on any atom is 0.190 e. The number of H-pyrrole nitrogens is 1. The number of rotatable bonds is 2. The van der Waals surface area contributed by atoms with Gasteiger partial charge >= 0.3 is 0 Å². The second-order valence-electron chi connectivity index (χ2n) is 6.46. The molecule has 2 aromatic carbocycles. The molecular weight excluding hydrogens is 326 g/mol. The molecule has 0 saturated carbocycles. The number of imidazole rings is 1. The molecule has 5 rings (SSSR count). The normalized spacial score (nSPS) is 16.0. The molecule has 1 unspecified atom stereocenters. The summed E-state index contributed by atoms with van der Waals surface area (Å²) in [6.45, 7) is 2.48. The van der Waals surface area contributed by atoms with Gasteiger partial charge < -0.3 is 14.5 Å². The highest BCUT2D eigenvalue weighted by atomic mass is 16.6. The van der Waals surface area contributed by atoms with E-state index in [4.69, 9.17) is 14.5 Å². The van der Waals surface area contributed by atoms with Crippen molar-refractivity contribution in [1.82, 2.24) is 15.0 Å². The van der Waals surface area contributed by atoms with Crippen LogP contribution in [0.5, 0.6) is 11.5 Å². The monoisotopic (exact) mass is 343 g/mol. The van der Waals surface area contributed by atoms with Gasteiger partial charge in [-0.3, -0.25) is 4.98 Å². The van der Waals surface area contributed by atoms with Crippen molar-refractivity contribution in [3.8, 4) is 22.6 Å². The van der Waals surface area contributed by atoms with Gasteiger partial charge in [0.1, 0.15) is 6.61 Å². The van der Waals surface area contributed by atoms with Crippen molar-refractivity contribution < 1.29 is 9.47 Å². The smallest absolute Gasteiger partial charge is 0.190 e. The van der Waals surface area contributed by atoms with Gasteiger partial charge in [0.2, 0.25) is 0 Å². The molecular formula is C21H17N3O2. The number of aryl methyl sites for hydroxylation is 1. The summed E-state index contributed by atoms with van der Waals surface area (Å²) in [6, 6.07) is 16.1. The number of benzene rings is 2. The highest BCUT2D eigenvalue weighted by molar-refractivity contribution is 5.82. The molecule has 0 amide bonds. The molecule has 1 N–H and O–H groups in total. The Morgan fingerprint density at radius 2 is 1.85 bits per heavy atom. The summed E-state index contributed by atoms with van der Waals surface area (Å²) < 4.78 is 12.0. The zero-order chi connectivity index (χ0) is 17.5. The van der Waals surface area contributed by atoms with Crippen molar-refractivity contribution in [3.05, 3.63) is 72.3 Å². The van der Waals surface area contributed by atoms with Crippen LogP contribution in [-0.2, 0) is 0 Å². The van der Waals surface area contributed by atoms with Gasteiger partial charge in [0, 0.05) is 12.4 Å². The predicted molar refractivity (Wildman–Crippen MR) is 99.4 cm³/mol. The van der Waals surface area contributed by atoms with Gasteiger partial charge in [0.05, 0.1) is 11.0 Å². The van der Waals surface area contributed by atoms with Crippen molar-refractivity contribution in [2.45, 2.75) is 13.0 Å². The fraction of sp³-hybridized carbons (Fsp3) is 0.143. The zero-order valence-electron chi connectivity index (χ0n) is 14.3. The van der Waals surface area contributed by atoms with Gasteiger partial charge in [-0.15, -0.1) is 0 Å². The zero-order valence-corrected chi connectivity index (χ0v) is 14.3. The van der Waals surface area contributed by atoms with E-state index in [1.54, 1.807) is 12.4 Å². The van der Waals surface area contributed by atoms with Crippen molar-refractivity contribution in [2.75, 3.05) is 6.61 Å². The minimum atomic E-state index is -0.248. The number of hydrogen-bond donors (Lipinski definition) is 1. The number of aromatic nitrogens is 3. The molecule has 5 heteroatoms. The Kier molecular flexibility index (Phi) is 3.38. The van der Waals surface area contributed by atoms with Crippen LogP contribution in [0.3, 0.4) is 0 Å². The summed E-state index contributed by atoms with van der Waals surface area (Å²) in [5, 5.41) is 0. The SMILES string of the molecule is Cc1ccc2c(c1)OCC(c1nc3cc(-c4ccncc4)ccc3[nH]1)O2. The van der Waals surface area contributed by atoms with Gasteiger partial charge in [-0.1, -0.05) is 12.1 Å². The number of ether oxygens (including phenoxy) is 2. The fourth-order valence-electron chi connectivity index (χ4n) is 3.21. The third kappa shape index (κ3) is 2.58. The molecule has 0 bridgehead atoms. The van der Waals surface area contributed by atoms with E-state index in [0.29, 0.717) is 6.61 Å². The van der Waals surface area contributed by atoms with Crippen molar-refractivity contribution in [1.29, 1.82) is 0 Å². The minimum absolute atomic E-state index is 0.248. The van der Waals surface area contributed by atoms with Crippen LogP contribution in [0, 0.1) is 6.92 Å². The number of nitrogens with zero attached hydrogens (tertiary/aromatic N) is 2. The molecule has 128 valence electrons. The highest BCUT2D eigenvalue weighted by Crippen LogP contribution is 2.36. The van der Waals surface area contributed by atoms with E-state index in [2.05, 4.69) is 22.1 Å². The average molecular weight is 343 g/mol. The Hall–Kier alpha value is -3.34. The summed E-state index contributed by atoms with van der Waals surface area (Å²) >= 11 is 0. The maximum atomic E-state index is 6.09. The number of fused-ring (bicyclic) bond motifs is 2. The summed E-state index contributed by atoms with van der Waals surface area (Å²) in [4.78, 5) is 12.2. The summed E-state index contributed by atoms with van der Waals surface area (Å²) in [7, 11) is 0. The molecule has 0 saturated heterocycles. The molecule has 5 nitrogen and oxygen atoms in total. The average Bonchev–Trinajstić information content (AvgIpc) is 3.11. The second-order valence-corrected chi connectivity index (χ2v) is 6.46. The molecule has 1 aliphatic rings. The molecule has 4 aromatic rings. The lowest BCUT2D eigenvalue weighted by Gasteiger charge is -2.25. The molecule has 0 spiro atoms. The van der Waals surface area contributed by atoms with Crippen LogP contribution in [0.25, 0.3) is 22.2 Å². The molecule has 1 atom stereocenters. The standard InChI is InChI=1S/C21H17N3O2/c1-13-2-5-18-19(10-13)25-12-20(26-18)21-23-16-4-3-15(11-17(16)24-21)14-6-8-22-9-7-14/h2-11,20H,12H2,1H3,(H,23,24). The lowest BCUT2D eigenvalue weighted by atomic mass is 10.1. The van der Waals surface area contributed by atoms with Crippen LogP contribution < -0.4 is 9.47 Å². The van der Waals surface area contributed by atoms with E-state index < -0.39 is 0 Å². The van der Waals surface area contributed by atoms with Crippen LogP contribution in [-0.4, -0.2) is 21.6 Å². The number of aromatic amines is 1. The lowest BCUT2D eigenvalue weighted by Crippen LogP contribution is -2.22. The highest BCUT2D eigenvalue weighted by Gasteiger charge is 2.25.